The monoisotopic (exact) mass is 282 g/mol. The van der Waals surface area contributed by atoms with E-state index in [0.29, 0.717) is 19.0 Å². The van der Waals surface area contributed by atoms with E-state index in [1.165, 1.54) is 5.56 Å². The highest BCUT2D eigenvalue weighted by Gasteiger charge is 2.28. The van der Waals surface area contributed by atoms with Crippen molar-refractivity contribution in [1.29, 1.82) is 0 Å². The van der Waals surface area contributed by atoms with Crippen molar-refractivity contribution >= 4 is 17.2 Å². The molecule has 1 N–H and O–H groups in total. The van der Waals surface area contributed by atoms with Crippen LogP contribution in [0, 0.1) is 5.92 Å². The Hall–Kier alpha value is -0.910. The highest BCUT2D eigenvalue weighted by atomic mass is 32.1. The highest BCUT2D eigenvalue weighted by molar-refractivity contribution is 7.07. The summed E-state index contributed by atoms with van der Waals surface area (Å²) in [6.45, 7) is 2.03. The summed E-state index contributed by atoms with van der Waals surface area (Å²) in [7, 11) is 3.82. The number of nitrogens with zero attached hydrogens (tertiary/aromatic N) is 2. The lowest BCUT2D eigenvalue weighted by molar-refractivity contribution is -0.131. The normalized spacial score (nSPS) is 22.3. The third-order valence-corrected chi connectivity index (χ3v) is 4.34. The molecule has 1 aliphatic rings. The lowest BCUT2D eigenvalue weighted by Gasteiger charge is -2.34. The van der Waals surface area contributed by atoms with Crippen LogP contribution in [0.3, 0.4) is 0 Å². The molecule has 1 heterocycles. The number of likely N-dealkylation sites (N-methyl/N-ethyl adjacent to an activating group) is 2. The fraction of sp³-hybridized carbons (Fsp3) is 0.643. The molecule has 0 saturated heterocycles. The van der Waals surface area contributed by atoms with Crippen LogP contribution in [-0.2, 0) is 11.3 Å². The fourth-order valence-corrected chi connectivity index (χ4v) is 3.11. The molecule has 1 aliphatic carbocycles. The summed E-state index contributed by atoms with van der Waals surface area (Å²) in [5, 5.41) is 13.4. The molecule has 1 amide bonds. The van der Waals surface area contributed by atoms with Gasteiger partial charge in [-0.2, -0.15) is 11.3 Å². The maximum atomic E-state index is 12.1. The van der Waals surface area contributed by atoms with Crippen molar-refractivity contribution < 1.29 is 9.90 Å². The van der Waals surface area contributed by atoms with Crippen LogP contribution in [0.4, 0.5) is 0 Å². The summed E-state index contributed by atoms with van der Waals surface area (Å²) >= 11 is 1.65. The van der Waals surface area contributed by atoms with Crippen LogP contribution in [-0.4, -0.2) is 54.1 Å². The summed E-state index contributed by atoms with van der Waals surface area (Å²) in [5.74, 6) is 0.698. The minimum absolute atomic E-state index is 0.115. The van der Waals surface area contributed by atoms with Gasteiger partial charge < -0.3 is 10.0 Å². The predicted molar refractivity (Wildman–Crippen MR) is 77.0 cm³/mol. The predicted octanol–water partition coefficient (Wildman–Crippen LogP) is 1.41. The molecule has 1 saturated carbocycles. The Balaban J connectivity index is 1.70. The molecule has 19 heavy (non-hydrogen) atoms. The molecule has 0 spiro atoms. The van der Waals surface area contributed by atoms with E-state index in [1.807, 2.05) is 25.5 Å². The third kappa shape index (κ3) is 4.30. The Bertz CT molecular complexity index is 402. The first kappa shape index (κ1) is 14.5. The molecule has 0 unspecified atom stereocenters. The van der Waals surface area contributed by atoms with Gasteiger partial charge in [0, 0.05) is 20.1 Å². The number of aliphatic hydroxyl groups is 1. The molecule has 0 atom stereocenters. The average Bonchev–Trinajstić information content (AvgIpc) is 2.79. The summed E-state index contributed by atoms with van der Waals surface area (Å²) in [6, 6.07) is 2.05. The molecule has 0 aliphatic heterocycles. The van der Waals surface area contributed by atoms with Crippen molar-refractivity contribution in [3.8, 4) is 0 Å². The Morgan fingerprint density at radius 3 is 2.79 bits per heavy atom. The van der Waals surface area contributed by atoms with Gasteiger partial charge in [-0.1, -0.05) is 0 Å². The second kappa shape index (κ2) is 6.50. The van der Waals surface area contributed by atoms with Crippen molar-refractivity contribution in [1.82, 2.24) is 9.80 Å². The summed E-state index contributed by atoms with van der Waals surface area (Å²) in [6.07, 6.45) is 1.64. The number of carbonyl (C=O) groups excluding carboxylic acids is 1. The second-order valence-electron chi connectivity index (χ2n) is 5.57. The zero-order valence-electron chi connectivity index (χ0n) is 11.6. The number of aliphatic hydroxyl groups excluding tert-OH is 1. The summed E-state index contributed by atoms with van der Waals surface area (Å²) < 4.78 is 0. The molecule has 1 aromatic rings. The van der Waals surface area contributed by atoms with Gasteiger partial charge >= 0.3 is 0 Å². The molecule has 5 heteroatoms. The number of rotatable bonds is 6. The number of hydrogen-bond acceptors (Lipinski definition) is 4. The van der Waals surface area contributed by atoms with Crippen LogP contribution in [0.25, 0.3) is 0 Å². The standard InChI is InChI=1S/C14H22N2O2S/c1-15(7-12-5-13(17)6-12)9-14(18)16(2)8-11-3-4-19-10-11/h3-4,10,12-13,17H,5-9H2,1-2H3. The van der Waals surface area contributed by atoms with E-state index in [0.717, 1.165) is 19.4 Å². The van der Waals surface area contributed by atoms with Gasteiger partial charge in [-0.05, 0) is 48.2 Å². The van der Waals surface area contributed by atoms with Gasteiger partial charge in [-0.15, -0.1) is 0 Å². The van der Waals surface area contributed by atoms with Crippen molar-refractivity contribution in [2.24, 2.45) is 5.92 Å². The van der Waals surface area contributed by atoms with Gasteiger partial charge in [0.25, 0.3) is 0 Å². The van der Waals surface area contributed by atoms with Crippen molar-refractivity contribution in [3.63, 3.8) is 0 Å². The summed E-state index contributed by atoms with van der Waals surface area (Å²) in [4.78, 5) is 15.9. The second-order valence-corrected chi connectivity index (χ2v) is 6.35. The van der Waals surface area contributed by atoms with E-state index < -0.39 is 0 Å². The van der Waals surface area contributed by atoms with Crippen molar-refractivity contribution in [2.45, 2.75) is 25.5 Å². The number of carbonyl (C=O) groups is 1. The first-order valence-electron chi connectivity index (χ1n) is 6.66. The smallest absolute Gasteiger partial charge is 0.236 e. The van der Waals surface area contributed by atoms with Crippen LogP contribution in [0.2, 0.25) is 0 Å². The average molecular weight is 282 g/mol. The minimum Gasteiger partial charge on any atom is -0.393 e. The fourth-order valence-electron chi connectivity index (χ4n) is 2.45. The van der Waals surface area contributed by atoms with Crippen molar-refractivity contribution in [2.75, 3.05) is 27.2 Å². The number of amides is 1. The Labute approximate surface area is 118 Å². The third-order valence-electron chi connectivity index (χ3n) is 3.61. The Kier molecular flexibility index (Phi) is 4.96. The molecule has 4 nitrogen and oxygen atoms in total. The molecular weight excluding hydrogens is 260 g/mol. The van der Waals surface area contributed by atoms with Gasteiger partial charge in [-0.25, -0.2) is 0 Å². The van der Waals surface area contributed by atoms with E-state index in [-0.39, 0.29) is 12.0 Å². The van der Waals surface area contributed by atoms with Gasteiger partial charge in [0.2, 0.25) is 5.91 Å². The number of thiophene rings is 1. The molecule has 2 rings (SSSR count). The van der Waals surface area contributed by atoms with Gasteiger partial charge in [0.15, 0.2) is 0 Å². The van der Waals surface area contributed by atoms with Gasteiger partial charge in [0.1, 0.15) is 0 Å². The number of hydrogen-bond donors (Lipinski definition) is 1. The van der Waals surface area contributed by atoms with E-state index in [2.05, 4.69) is 10.3 Å². The minimum atomic E-state index is -0.115. The van der Waals surface area contributed by atoms with Crippen LogP contribution in [0.15, 0.2) is 16.8 Å². The van der Waals surface area contributed by atoms with E-state index >= 15 is 0 Å². The molecule has 1 fully saturated rings. The van der Waals surface area contributed by atoms with Crippen LogP contribution in [0.5, 0.6) is 0 Å². The quantitative estimate of drug-likeness (QED) is 0.858. The zero-order chi connectivity index (χ0) is 13.8. The topological polar surface area (TPSA) is 43.8 Å². The maximum absolute atomic E-state index is 12.1. The SMILES string of the molecule is CN(CC(=O)N(C)Cc1ccsc1)CC1CC(O)C1. The maximum Gasteiger partial charge on any atom is 0.236 e. The molecule has 0 radical (unpaired) electrons. The zero-order valence-corrected chi connectivity index (χ0v) is 12.4. The van der Waals surface area contributed by atoms with Crippen LogP contribution < -0.4 is 0 Å². The molecule has 106 valence electrons. The lowest BCUT2D eigenvalue weighted by atomic mass is 9.82. The van der Waals surface area contributed by atoms with Crippen molar-refractivity contribution in [3.05, 3.63) is 22.4 Å². The van der Waals surface area contributed by atoms with Gasteiger partial charge in [0.05, 0.1) is 12.6 Å². The van der Waals surface area contributed by atoms with Gasteiger partial charge in [-0.3, -0.25) is 9.69 Å². The largest absolute Gasteiger partial charge is 0.393 e. The highest BCUT2D eigenvalue weighted by Crippen LogP contribution is 2.27. The van der Waals surface area contributed by atoms with Crippen LogP contribution in [0.1, 0.15) is 18.4 Å². The lowest BCUT2D eigenvalue weighted by Crippen LogP contribution is -2.41. The molecule has 0 aromatic carbocycles. The summed E-state index contributed by atoms with van der Waals surface area (Å²) in [5.41, 5.74) is 1.19. The van der Waals surface area contributed by atoms with E-state index in [9.17, 15) is 9.90 Å². The van der Waals surface area contributed by atoms with E-state index in [4.69, 9.17) is 0 Å². The van der Waals surface area contributed by atoms with Crippen LogP contribution >= 0.6 is 11.3 Å². The Morgan fingerprint density at radius 1 is 1.47 bits per heavy atom. The molecule has 1 aromatic heterocycles. The molecule has 0 bridgehead atoms. The first-order chi connectivity index (χ1) is 9.04. The molecular formula is C14H22N2O2S. The Morgan fingerprint density at radius 2 is 2.21 bits per heavy atom. The first-order valence-corrected chi connectivity index (χ1v) is 7.60. The van der Waals surface area contributed by atoms with E-state index in [1.54, 1.807) is 16.2 Å².